The van der Waals surface area contributed by atoms with Crippen molar-refractivity contribution >= 4 is 50.3 Å². The van der Waals surface area contributed by atoms with Crippen LogP contribution in [0.3, 0.4) is 0 Å². The lowest BCUT2D eigenvalue weighted by atomic mass is 10.1. The summed E-state index contributed by atoms with van der Waals surface area (Å²) in [7, 11) is -5.88. The van der Waals surface area contributed by atoms with Crippen LogP contribution >= 0.6 is 22.6 Å². The summed E-state index contributed by atoms with van der Waals surface area (Å²) in [6, 6.07) is 8.36. The number of hydrogen-bond acceptors (Lipinski definition) is 8. The predicted octanol–water partition coefficient (Wildman–Crippen LogP) is 3.06. The standard InChI is InChI=1S/C16H10F2INO9S/c17-16(18,30(25,26)27)8-28-14(21)13-7-10(20(23)24)3-6-12(13)15(22)29-11-4-1-9(19)2-5-11/h1-7H,8H2,(H,25,26,27). The molecule has 10 nitrogen and oxygen atoms in total. The average molecular weight is 557 g/mol. The Balaban J connectivity index is 2.35. The van der Waals surface area contributed by atoms with Crippen molar-refractivity contribution in [1.29, 1.82) is 0 Å². The Morgan fingerprint density at radius 2 is 1.70 bits per heavy atom. The lowest BCUT2D eigenvalue weighted by Crippen LogP contribution is -2.34. The van der Waals surface area contributed by atoms with Crippen LogP contribution in [0.25, 0.3) is 0 Å². The highest BCUT2D eigenvalue weighted by atomic mass is 127. The van der Waals surface area contributed by atoms with Gasteiger partial charge in [-0.2, -0.15) is 17.2 Å². The van der Waals surface area contributed by atoms with E-state index in [4.69, 9.17) is 9.29 Å². The highest BCUT2D eigenvalue weighted by molar-refractivity contribution is 14.1. The van der Waals surface area contributed by atoms with Gasteiger partial charge in [-0.3, -0.25) is 14.7 Å². The number of alkyl halides is 2. The van der Waals surface area contributed by atoms with Gasteiger partial charge in [0.25, 0.3) is 5.69 Å². The van der Waals surface area contributed by atoms with E-state index in [2.05, 4.69) is 4.74 Å². The lowest BCUT2D eigenvalue weighted by Gasteiger charge is -2.14. The molecule has 0 unspecified atom stereocenters. The molecule has 0 bridgehead atoms. The van der Waals surface area contributed by atoms with Crippen LogP contribution in [0.2, 0.25) is 0 Å². The molecule has 0 heterocycles. The largest absolute Gasteiger partial charge is 0.454 e. The van der Waals surface area contributed by atoms with Gasteiger partial charge in [-0.1, -0.05) is 0 Å². The van der Waals surface area contributed by atoms with Crippen LogP contribution in [0.15, 0.2) is 42.5 Å². The maximum Gasteiger partial charge on any atom is 0.402 e. The Morgan fingerprint density at radius 3 is 2.23 bits per heavy atom. The van der Waals surface area contributed by atoms with E-state index < -0.39 is 55.7 Å². The lowest BCUT2D eigenvalue weighted by molar-refractivity contribution is -0.384. The molecule has 30 heavy (non-hydrogen) atoms. The summed E-state index contributed by atoms with van der Waals surface area (Å²) in [6.07, 6.45) is 0. The van der Waals surface area contributed by atoms with E-state index in [0.717, 1.165) is 15.7 Å². The number of carbonyl (C=O) groups is 2. The van der Waals surface area contributed by atoms with E-state index in [1.807, 2.05) is 22.6 Å². The Labute approximate surface area is 180 Å². The van der Waals surface area contributed by atoms with E-state index in [9.17, 15) is 36.9 Å². The monoisotopic (exact) mass is 557 g/mol. The van der Waals surface area contributed by atoms with Crippen LogP contribution in [0.5, 0.6) is 5.75 Å². The number of rotatable bonds is 7. The molecule has 0 aliphatic heterocycles. The van der Waals surface area contributed by atoms with Gasteiger partial charge in [-0.15, -0.1) is 0 Å². The molecule has 0 atom stereocenters. The zero-order valence-corrected chi connectivity index (χ0v) is 17.4. The third kappa shape index (κ3) is 5.67. The van der Waals surface area contributed by atoms with Crippen LogP contribution in [-0.4, -0.2) is 41.7 Å². The fourth-order valence-electron chi connectivity index (χ4n) is 1.96. The molecule has 2 aromatic carbocycles. The second-order valence-electron chi connectivity index (χ2n) is 5.52. The molecule has 2 aromatic rings. The molecule has 2 rings (SSSR count). The van der Waals surface area contributed by atoms with Gasteiger partial charge in [0.05, 0.1) is 16.1 Å². The van der Waals surface area contributed by atoms with Gasteiger partial charge in [-0.25, -0.2) is 9.59 Å². The molecule has 0 amide bonds. The number of esters is 2. The van der Waals surface area contributed by atoms with Gasteiger partial charge in [-0.05, 0) is 52.9 Å². The molecule has 0 radical (unpaired) electrons. The number of carbonyl (C=O) groups excluding carboxylic acids is 2. The van der Waals surface area contributed by atoms with Crippen LogP contribution in [0.4, 0.5) is 14.5 Å². The van der Waals surface area contributed by atoms with Gasteiger partial charge >= 0.3 is 27.3 Å². The first-order valence-electron chi connectivity index (χ1n) is 7.60. The number of non-ortho nitro benzene ring substituents is 1. The molecule has 160 valence electrons. The quantitative estimate of drug-likeness (QED) is 0.135. The first-order valence-corrected chi connectivity index (χ1v) is 10.1. The Kier molecular flexibility index (Phi) is 7.04. The van der Waals surface area contributed by atoms with Crippen molar-refractivity contribution in [1.82, 2.24) is 0 Å². The highest BCUT2D eigenvalue weighted by Gasteiger charge is 2.46. The maximum atomic E-state index is 13.3. The Hall–Kier alpha value is -2.72. The molecular formula is C16H10F2INO9S. The van der Waals surface area contributed by atoms with E-state index in [1.54, 1.807) is 12.1 Å². The minimum absolute atomic E-state index is 0.0657. The summed E-state index contributed by atoms with van der Waals surface area (Å²) in [5.41, 5.74) is -2.04. The van der Waals surface area contributed by atoms with Gasteiger partial charge in [0.2, 0.25) is 0 Å². The van der Waals surface area contributed by atoms with Gasteiger partial charge in [0.1, 0.15) is 5.75 Å². The molecular weight excluding hydrogens is 547 g/mol. The number of benzene rings is 2. The number of halogens is 3. The molecule has 0 aliphatic carbocycles. The predicted molar refractivity (Wildman–Crippen MR) is 104 cm³/mol. The number of nitro benzene ring substituents is 1. The van der Waals surface area contributed by atoms with Crippen molar-refractivity contribution in [2.24, 2.45) is 0 Å². The van der Waals surface area contributed by atoms with Gasteiger partial charge in [0.15, 0.2) is 6.61 Å². The van der Waals surface area contributed by atoms with Crippen LogP contribution in [-0.2, 0) is 14.9 Å². The van der Waals surface area contributed by atoms with Crippen molar-refractivity contribution < 1.29 is 45.7 Å². The molecule has 0 spiro atoms. The van der Waals surface area contributed by atoms with Crippen molar-refractivity contribution in [3.8, 4) is 5.75 Å². The number of nitrogens with zero attached hydrogens (tertiary/aromatic N) is 1. The van der Waals surface area contributed by atoms with Crippen molar-refractivity contribution in [2.75, 3.05) is 6.61 Å². The van der Waals surface area contributed by atoms with Crippen LogP contribution in [0.1, 0.15) is 20.7 Å². The summed E-state index contributed by atoms with van der Waals surface area (Å²) in [6.45, 7) is -2.08. The topological polar surface area (TPSA) is 150 Å². The first kappa shape index (κ1) is 23.6. The van der Waals surface area contributed by atoms with Crippen molar-refractivity contribution in [3.63, 3.8) is 0 Å². The third-order valence-corrected chi connectivity index (χ3v) is 5.02. The summed E-state index contributed by atoms with van der Waals surface area (Å²) >= 11 is 2.00. The Bertz CT molecular complexity index is 1100. The SMILES string of the molecule is O=C(OCC(F)(F)S(=O)(=O)O)c1cc([N+](=O)[O-])ccc1C(=O)Oc1ccc(I)cc1. The fourth-order valence-corrected chi connectivity index (χ4v) is 2.53. The van der Waals surface area contributed by atoms with E-state index in [1.165, 1.54) is 12.1 Å². The average Bonchev–Trinajstić information content (AvgIpc) is 2.66. The number of ether oxygens (including phenoxy) is 2. The summed E-state index contributed by atoms with van der Waals surface area (Å²) in [5.74, 6) is -2.76. The number of nitro groups is 1. The third-order valence-electron chi connectivity index (χ3n) is 3.43. The maximum absolute atomic E-state index is 13.3. The summed E-state index contributed by atoms with van der Waals surface area (Å²) in [5, 5.41) is 6.10. The summed E-state index contributed by atoms with van der Waals surface area (Å²) in [4.78, 5) is 34.5. The van der Waals surface area contributed by atoms with Gasteiger partial charge in [0, 0.05) is 15.7 Å². The molecule has 0 aliphatic rings. The first-order chi connectivity index (χ1) is 13.8. The Morgan fingerprint density at radius 1 is 1.10 bits per heavy atom. The highest BCUT2D eigenvalue weighted by Crippen LogP contribution is 2.24. The second kappa shape index (κ2) is 8.97. The second-order valence-corrected chi connectivity index (χ2v) is 8.31. The molecule has 0 fully saturated rings. The van der Waals surface area contributed by atoms with Gasteiger partial charge < -0.3 is 9.47 Å². The fraction of sp³-hybridized carbons (Fsp3) is 0.125. The molecule has 1 N–H and O–H groups in total. The number of hydrogen-bond donors (Lipinski definition) is 1. The van der Waals surface area contributed by atoms with Crippen LogP contribution < -0.4 is 4.74 Å². The van der Waals surface area contributed by atoms with Crippen molar-refractivity contribution in [3.05, 3.63) is 67.3 Å². The van der Waals surface area contributed by atoms with Crippen LogP contribution in [0, 0.1) is 13.7 Å². The smallest absolute Gasteiger partial charge is 0.402 e. The molecule has 0 saturated carbocycles. The minimum Gasteiger partial charge on any atom is -0.454 e. The summed E-state index contributed by atoms with van der Waals surface area (Å²) < 4.78 is 66.2. The van der Waals surface area contributed by atoms with E-state index in [0.29, 0.717) is 6.07 Å². The zero-order valence-electron chi connectivity index (χ0n) is 14.5. The van der Waals surface area contributed by atoms with E-state index >= 15 is 0 Å². The molecule has 0 saturated heterocycles. The molecule has 0 aromatic heterocycles. The zero-order chi connectivity index (χ0) is 22.7. The minimum atomic E-state index is -5.88. The van der Waals surface area contributed by atoms with Crippen molar-refractivity contribution in [2.45, 2.75) is 5.25 Å². The van der Waals surface area contributed by atoms with E-state index in [-0.39, 0.29) is 5.75 Å². The normalized spacial score (nSPS) is 11.6. The molecule has 14 heteroatoms.